The van der Waals surface area contributed by atoms with Crippen LogP contribution in [0.5, 0.6) is 0 Å². The fourth-order valence-corrected chi connectivity index (χ4v) is 2.24. The Morgan fingerprint density at radius 1 is 1.31 bits per heavy atom. The van der Waals surface area contributed by atoms with Crippen molar-refractivity contribution < 1.29 is 0 Å². The zero-order valence-corrected chi connectivity index (χ0v) is 9.34. The molecule has 1 heterocycles. The van der Waals surface area contributed by atoms with Gasteiger partial charge >= 0.3 is 0 Å². The van der Waals surface area contributed by atoms with Gasteiger partial charge in [0.1, 0.15) is 0 Å². The van der Waals surface area contributed by atoms with Gasteiger partial charge in [-0.25, -0.2) is 0 Å². The molecule has 78 valence electrons. The molecule has 1 aliphatic rings. The number of piperidine rings is 1. The van der Waals surface area contributed by atoms with Crippen molar-refractivity contribution in [3.63, 3.8) is 0 Å². The largest absolute Gasteiger partial charge is 0.317 e. The maximum absolute atomic E-state index is 3.42. The first kappa shape index (κ1) is 11.0. The second-order valence-electron chi connectivity index (χ2n) is 4.45. The summed E-state index contributed by atoms with van der Waals surface area (Å²) in [5.74, 6) is 0.966. The Morgan fingerprint density at radius 3 is 2.38 bits per heavy atom. The molecule has 0 aromatic carbocycles. The zero-order valence-electron chi connectivity index (χ0n) is 9.34. The molecule has 1 rings (SSSR count). The molecule has 0 spiro atoms. The maximum atomic E-state index is 3.42. The third-order valence-corrected chi connectivity index (χ3v) is 3.27. The highest BCUT2D eigenvalue weighted by Crippen LogP contribution is 2.20. The van der Waals surface area contributed by atoms with E-state index in [0.29, 0.717) is 0 Å². The third-order valence-electron chi connectivity index (χ3n) is 3.27. The van der Waals surface area contributed by atoms with Crippen molar-refractivity contribution >= 4 is 0 Å². The van der Waals surface area contributed by atoms with Crippen molar-refractivity contribution in [2.45, 2.75) is 38.6 Å². The topological polar surface area (TPSA) is 15.3 Å². The van der Waals surface area contributed by atoms with Crippen molar-refractivity contribution in [1.82, 2.24) is 10.2 Å². The SMILES string of the molecule is CCC(CC1CCNCC1)N(C)C. The van der Waals surface area contributed by atoms with Crippen LogP contribution in [0.4, 0.5) is 0 Å². The van der Waals surface area contributed by atoms with Crippen LogP contribution in [-0.4, -0.2) is 38.1 Å². The Kier molecular flexibility index (Phi) is 4.74. The molecular weight excluding hydrogens is 160 g/mol. The molecule has 13 heavy (non-hydrogen) atoms. The first-order valence-electron chi connectivity index (χ1n) is 5.61. The first-order chi connectivity index (χ1) is 6.24. The summed E-state index contributed by atoms with van der Waals surface area (Å²) in [7, 11) is 4.41. The van der Waals surface area contributed by atoms with Gasteiger partial charge in [0.15, 0.2) is 0 Å². The number of rotatable bonds is 4. The van der Waals surface area contributed by atoms with Crippen molar-refractivity contribution in [3.8, 4) is 0 Å². The van der Waals surface area contributed by atoms with Crippen LogP contribution in [-0.2, 0) is 0 Å². The summed E-state index contributed by atoms with van der Waals surface area (Å²) in [6.45, 7) is 4.76. The first-order valence-corrected chi connectivity index (χ1v) is 5.61. The maximum Gasteiger partial charge on any atom is 0.00891 e. The predicted octanol–water partition coefficient (Wildman–Crippen LogP) is 1.72. The molecule has 0 aliphatic carbocycles. The molecule has 1 N–H and O–H groups in total. The predicted molar refractivity (Wildman–Crippen MR) is 58.0 cm³/mol. The van der Waals surface area contributed by atoms with E-state index >= 15 is 0 Å². The van der Waals surface area contributed by atoms with Crippen LogP contribution in [0, 0.1) is 5.92 Å². The van der Waals surface area contributed by atoms with Crippen molar-refractivity contribution in [2.24, 2.45) is 5.92 Å². The molecule has 1 saturated heterocycles. The smallest absolute Gasteiger partial charge is 0.00891 e. The Balaban J connectivity index is 2.27. The minimum atomic E-state index is 0.795. The van der Waals surface area contributed by atoms with Gasteiger partial charge in [-0.05, 0) is 58.8 Å². The fraction of sp³-hybridized carbons (Fsp3) is 1.00. The molecule has 1 unspecified atom stereocenters. The quantitative estimate of drug-likeness (QED) is 0.715. The van der Waals surface area contributed by atoms with Gasteiger partial charge < -0.3 is 10.2 Å². The lowest BCUT2D eigenvalue weighted by molar-refractivity contribution is 0.216. The molecule has 2 nitrogen and oxygen atoms in total. The van der Waals surface area contributed by atoms with Crippen LogP contribution < -0.4 is 5.32 Å². The van der Waals surface area contributed by atoms with Crippen molar-refractivity contribution in [2.75, 3.05) is 27.2 Å². The summed E-state index contributed by atoms with van der Waals surface area (Å²) >= 11 is 0. The molecule has 0 aromatic heterocycles. The molecule has 2 heteroatoms. The molecular formula is C11H24N2. The monoisotopic (exact) mass is 184 g/mol. The third kappa shape index (κ3) is 3.65. The fourth-order valence-electron chi connectivity index (χ4n) is 2.24. The average molecular weight is 184 g/mol. The molecule has 0 radical (unpaired) electrons. The highest BCUT2D eigenvalue weighted by atomic mass is 15.1. The second kappa shape index (κ2) is 5.61. The van der Waals surface area contributed by atoms with Crippen LogP contribution in [0.15, 0.2) is 0 Å². The van der Waals surface area contributed by atoms with Crippen LogP contribution in [0.1, 0.15) is 32.6 Å². The van der Waals surface area contributed by atoms with Gasteiger partial charge in [-0.3, -0.25) is 0 Å². The van der Waals surface area contributed by atoms with E-state index in [-0.39, 0.29) is 0 Å². The second-order valence-corrected chi connectivity index (χ2v) is 4.45. The zero-order chi connectivity index (χ0) is 9.68. The molecule has 0 bridgehead atoms. The van der Waals surface area contributed by atoms with Crippen LogP contribution in [0.2, 0.25) is 0 Å². The lowest BCUT2D eigenvalue weighted by Gasteiger charge is -2.30. The normalized spacial score (nSPS) is 22.2. The molecule has 1 atom stereocenters. The van der Waals surface area contributed by atoms with E-state index in [1.165, 1.54) is 38.8 Å². The number of hydrogen-bond donors (Lipinski definition) is 1. The number of hydrogen-bond acceptors (Lipinski definition) is 2. The summed E-state index contributed by atoms with van der Waals surface area (Å²) in [4.78, 5) is 2.38. The van der Waals surface area contributed by atoms with Gasteiger partial charge in [-0.2, -0.15) is 0 Å². The van der Waals surface area contributed by atoms with Crippen LogP contribution in [0.25, 0.3) is 0 Å². The summed E-state index contributed by atoms with van der Waals surface area (Å²) < 4.78 is 0. The van der Waals surface area contributed by atoms with Crippen LogP contribution in [0.3, 0.4) is 0 Å². The van der Waals surface area contributed by atoms with Gasteiger partial charge in [0.2, 0.25) is 0 Å². The van der Waals surface area contributed by atoms with E-state index in [9.17, 15) is 0 Å². The van der Waals surface area contributed by atoms with E-state index in [4.69, 9.17) is 0 Å². The van der Waals surface area contributed by atoms with Crippen molar-refractivity contribution in [1.29, 1.82) is 0 Å². The number of nitrogens with zero attached hydrogens (tertiary/aromatic N) is 1. The van der Waals surface area contributed by atoms with Gasteiger partial charge in [0.05, 0.1) is 0 Å². The van der Waals surface area contributed by atoms with E-state index < -0.39 is 0 Å². The van der Waals surface area contributed by atoms with E-state index in [2.05, 4.69) is 31.2 Å². The summed E-state index contributed by atoms with van der Waals surface area (Å²) in [6, 6.07) is 0.795. The van der Waals surface area contributed by atoms with E-state index in [1.54, 1.807) is 0 Å². The minimum absolute atomic E-state index is 0.795. The Morgan fingerprint density at radius 2 is 1.92 bits per heavy atom. The lowest BCUT2D eigenvalue weighted by Crippen LogP contribution is -2.34. The standard InChI is InChI=1S/C11H24N2/c1-4-11(13(2)3)9-10-5-7-12-8-6-10/h10-12H,4-9H2,1-3H3. The molecule has 1 fully saturated rings. The molecule has 0 saturated carbocycles. The van der Waals surface area contributed by atoms with Gasteiger partial charge in [-0.1, -0.05) is 6.92 Å². The average Bonchev–Trinajstić information content (AvgIpc) is 2.15. The minimum Gasteiger partial charge on any atom is -0.317 e. The molecule has 1 aliphatic heterocycles. The van der Waals surface area contributed by atoms with Gasteiger partial charge in [0.25, 0.3) is 0 Å². The summed E-state index contributed by atoms with van der Waals surface area (Å²) in [5.41, 5.74) is 0. The Labute approximate surface area is 82.7 Å². The van der Waals surface area contributed by atoms with Crippen LogP contribution >= 0.6 is 0 Å². The van der Waals surface area contributed by atoms with E-state index in [1.807, 2.05) is 0 Å². The summed E-state index contributed by atoms with van der Waals surface area (Å²) in [6.07, 6.45) is 5.44. The highest BCUT2D eigenvalue weighted by molar-refractivity contribution is 4.74. The van der Waals surface area contributed by atoms with Gasteiger partial charge in [0, 0.05) is 6.04 Å². The Hall–Kier alpha value is -0.0800. The number of nitrogens with one attached hydrogen (secondary N) is 1. The van der Waals surface area contributed by atoms with Crippen molar-refractivity contribution in [3.05, 3.63) is 0 Å². The molecule has 0 amide bonds. The molecule has 0 aromatic rings. The van der Waals surface area contributed by atoms with Gasteiger partial charge in [-0.15, -0.1) is 0 Å². The highest BCUT2D eigenvalue weighted by Gasteiger charge is 2.18. The lowest BCUT2D eigenvalue weighted by atomic mass is 9.90. The summed E-state index contributed by atoms with van der Waals surface area (Å²) in [5, 5.41) is 3.42. The van der Waals surface area contributed by atoms with E-state index in [0.717, 1.165) is 12.0 Å². The Bertz CT molecular complexity index is 128.